The Hall–Kier alpha value is -2.69. The summed E-state index contributed by atoms with van der Waals surface area (Å²) >= 11 is 14.2. The number of hydrogen-bond donors (Lipinski definition) is 0. The number of halogens is 2. The van der Waals surface area contributed by atoms with E-state index in [1.165, 1.54) is 6.33 Å². The molecule has 0 radical (unpaired) electrons. The Kier molecular flexibility index (Phi) is 7.73. The van der Waals surface area contributed by atoms with Gasteiger partial charge in [0.15, 0.2) is 5.16 Å². The Morgan fingerprint density at radius 2 is 2.03 bits per heavy atom. The van der Waals surface area contributed by atoms with Gasteiger partial charge >= 0.3 is 0 Å². The van der Waals surface area contributed by atoms with E-state index in [1.54, 1.807) is 47.2 Å². The molecular formula is C25H23Cl2N5O3S. The molecule has 2 aromatic carbocycles. The molecule has 0 spiro atoms. The first-order valence-corrected chi connectivity index (χ1v) is 13.1. The molecule has 0 N–H and O–H groups in total. The second-order valence-electron chi connectivity index (χ2n) is 8.01. The highest BCUT2D eigenvalue weighted by Gasteiger charge is 2.45. The summed E-state index contributed by atoms with van der Waals surface area (Å²) in [5, 5.41) is 5.95. The highest BCUT2D eigenvalue weighted by Crippen LogP contribution is 2.40. The third-order valence-electron chi connectivity index (χ3n) is 5.53. The molecule has 0 amide bonds. The minimum Gasteiger partial charge on any atom is -0.491 e. The van der Waals surface area contributed by atoms with E-state index in [4.69, 9.17) is 37.4 Å². The monoisotopic (exact) mass is 543 g/mol. The van der Waals surface area contributed by atoms with Gasteiger partial charge in [0.25, 0.3) is 0 Å². The maximum absolute atomic E-state index is 6.52. The Morgan fingerprint density at radius 1 is 1.17 bits per heavy atom. The Bertz CT molecular complexity index is 1310. The lowest BCUT2D eigenvalue weighted by atomic mass is 10.1. The van der Waals surface area contributed by atoms with Crippen molar-refractivity contribution in [1.82, 2.24) is 24.7 Å². The maximum atomic E-state index is 6.52. The molecule has 2 aromatic heterocycles. The Morgan fingerprint density at radius 3 is 2.78 bits per heavy atom. The van der Waals surface area contributed by atoms with Crippen LogP contribution in [-0.4, -0.2) is 49.8 Å². The van der Waals surface area contributed by atoms with Crippen molar-refractivity contribution in [1.29, 1.82) is 0 Å². The van der Waals surface area contributed by atoms with Gasteiger partial charge in [-0.2, -0.15) is 5.10 Å². The van der Waals surface area contributed by atoms with Crippen molar-refractivity contribution in [3.63, 3.8) is 0 Å². The fourth-order valence-electron chi connectivity index (χ4n) is 3.89. The van der Waals surface area contributed by atoms with E-state index >= 15 is 0 Å². The molecule has 0 aliphatic carbocycles. The molecule has 5 rings (SSSR count). The van der Waals surface area contributed by atoms with Crippen molar-refractivity contribution in [2.75, 3.05) is 19.0 Å². The summed E-state index contributed by atoms with van der Waals surface area (Å²) in [6.07, 6.45) is 4.52. The zero-order chi connectivity index (χ0) is 25.0. The number of hydrogen-bond acceptors (Lipinski definition) is 8. The van der Waals surface area contributed by atoms with Gasteiger partial charge in [-0.25, -0.2) is 19.6 Å². The second-order valence-corrected chi connectivity index (χ2v) is 10.1. The topological polar surface area (TPSA) is 84.2 Å². The first-order valence-electron chi connectivity index (χ1n) is 11.3. The van der Waals surface area contributed by atoms with Crippen LogP contribution >= 0.6 is 35.0 Å². The van der Waals surface area contributed by atoms with Gasteiger partial charge in [-0.05, 0) is 48.2 Å². The van der Waals surface area contributed by atoms with Gasteiger partial charge in [-0.3, -0.25) is 0 Å². The van der Waals surface area contributed by atoms with Gasteiger partial charge in [0.05, 0.1) is 17.3 Å². The van der Waals surface area contributed by atoms with Crippen LogP contribution < -0.4 is 4.74 Å². The van der Waals surface area contributed by atoms with Gasteiger partial charge in [-0.1, -0.05) is 48.0 Å². The predicted octanol–water partition coefficient (Wildman–Crippen LogP) is 5.50. The van der Waals surface area contributed by atoms with Crippen molar-refractivity contribution in [3.8, 4) is 17.0 Å². The summed E-state index contributed by atoms with van der Waals surface area (Å²) in [7, 11) is 0. The summed E-state index contributed by atoms with van der Waals surface area (Å²) < 4.78 is 20.3. The standard InChI is InChI=1S/C25H23Cl2N5O3S/c1-2-36-24-29-10-9-23(31-24)17-3-6-19(7-4-17)33-12-20-13-34-25(35-20,14-32-16-28-15-30-32)21-8-5-18(26)11-22(21)27/h3-11,15-16,20H,2,12-14H2,1H3. The molecule has 1 aliphatic rings. The first-order chi connectivity index (χ1) is 17.5. The number of thioether (sulfide) groups is 1. The van der Waals surface area contributed by atoms with Crippen LogP contribution in [0.5, 0.6) is 5.75 Å². The first kappa shape index (κ1) is 25.0. The summed E-state index contributed by atoms with van der Waals surface area (Å²) in [5.41, 5.74) is 2.53. The number of benzene rings is 2. The van der Waals surface area contributed by atoms with Crippen LogP contribution in [-0.2, 0) is 21.8 Å². The fourth-order valence-corrected chi connectivity index (χ4v) is 5.00. The second kappa shape index (κ2) is 11.1. The highest BCUT2D eigenvalue weighted by molar-refractivity contribution is 7.99. The van der Waals surface area contributed by atoms with E-state index in [2.05, 4.69) is 27.0 Å². The van der Waals surface area contributed by atoms with Gasteiger partial charge in [0.2, 0.25) is 5.79 Å². The quantitative estimate of drug-likeness (QED) is 0.202. The fraction of sp³-hybridized carbons (Fsp3) is 0.280. The molecule has 36 heavy (non-hydrogen) atoms. The van der Waals surface area contributed by atoms with Gasteiger partial charge in [-0.15, -0.1) is 0 Å². The third kappa shape index (κ3) is 5.66. The molecular weight excluding hydrogens is 521 g/mol. The van der Waals surface area contributed by atoms with Gasteiger partial charge < -0.3 is 14.2 Å². The van der Waals surface area contributed by atoms with Gasteiger partial charge in [0, 0.05) is 22.3 Å². The van der Waals surface area contributed by atoms with Crippen LogP contribution in [0.3, 0.4) is 0 Å². The molecule has 186 valence electrons. The summed E-state index contributed by atoms with van der Waals surface area (Å²) in [4.78, 5) is 12.9. The molecule has 0 bridgehead atoms. The Labute approximate surface area is 222 Å². The number of aromatic nitrogens is 5. The summed E-state index contributed by atoms with van der Waals surface area (Å²) in [6.45, 7) is 2.98. The molecule has 0 saturated carbocycles. The minimum absolute atomic E-state index is 0.275. The molecule has 3 heterocycles. The number of nitrogens with zero attached hydrogens (tertiary/aromatic N) is 5. The van der Waals surface area contributed by atoms with Crippen LogP contribution in [0.4, 0.5) is 0 Å². The minimum atomic E-state index is -1.14. The Balaban J connectivity index is 1.27. The number of rotatable bonds is 9. The summed E-state index contributed by atoms with van der Waals surface area (Å²) in [5.74, 6) is 0.500. The van der Waals surface area contributed by atoms with E-state index in [0.717, 1.165) is 27.9 Å². The summed E-state index contributed by atoms with van der Waals surface area (Å²) in [6, 6.07) is 14.9. The van der Waals surface area contributed by atoms with Crippen molar-refractivity contribution in [2.24, 2.45) is 0 Å². The normalized spacial score (nSPS) is 19.5. The van der Waals surface area contributed by atoms with Crippen molar-refractivity contribution in [2.45, 2.75) is 30.5 Å². The molecule has 4 aromatic rings. The van der Waals surface area contributed by atoms with E-state index in [0.29, 0.717) is 28.8 Å². The van der Waals surface area contributed by atoms with Crippen molar-refractivity contribution in [3.05, 3.63) is 83.0 Å². The lowest BCUT2D eigenvalue weighted by molar-refractivity contribution is -0.190. The van der Waals surface area contributed by atoms with Crippen molar-refractivity contribution < 1.29 is 14.2 Å². The van der Waals surface area contributed by atoms with Crippen LogP contribution in [0.2, 0.25) is 10.0 Å². The third-order valence-corrected chi connectivity index (χ3v) is 6.82. The van der Waals surface area contributed by atoms with E-state index in [9.17, 15) is 0 Å². The smallest absolute Gasteiger partial charge is 0.217 e. The zero-order valence-corrected chi connectivity index (χ0v) is 21.7. The van der Waals surface area contributed by atoms with Crippen LogP contribution in [0, 0.1) is 0 Å². The lowest BCUT2D eigenvalue weighted by Crippen LogP contribution is -2.35. The van der Waals surface area contributed by atoms with Crippen LogP contribution in [0.25, 0.3) is 11.3 Å². The van der Waals surface area contributed by atoms with E-state index in [1.807, 2.05) is 30.3 Å². The average molecular weight is 544 g/mol. The predicted molar refractivity (Wildman–Crippen MR) is 138 cm³/mol. The average Bonchev–Trinajstić information content (AvgIpc) is 3.54. The molecule has 11 heteroatoms. The molecule has 1 saturated heterocycles. The molecule has 2 atom stereocenters. The number of ether oxygens (including phenoxy) is 3. The van der Waals surface area contributed by atoms with Crippen LogP contribution in [0.1, 0.15) is 12.5 Å². The van der Waals surface area contributed by atoms with E-state index in [-0.39, 0.29) is 12.6 Å². The molecule has 1 aliphatic heterocycles. The zero-order valence-electron chi connectivity index (χ0n) is 19.4. The SMILES string of the molecule is CCSc1nccc(-c2ccc(OCC3COC(Cn4cncn4)(c4ccc(Cl)cc4Cl)O3)cc2)n1. The molecule has 1 fully saturated rings. The van der Waals surface area contributed by atoms with Crippen LogP contribution in [0.15, 0.2) is 72.5 Å². The van der Waals surface area contributed by atoms with E-state index < -0.39 is 5.79 Å². The molecule has 2 unspecified atom stereocenters. The van der Waals surface area contributed by atoms with Crippen molar-refractivity contribution >= 4 is 35.0 Å². The highest BCUT2D eigenvalue weighted by atomic mass is 35.5. The molecule has 8 nitrogen and oxygen atoms in total. The lowest BCUT2D eigenvalue weighted by Gasteiger charge is -2.29. The maximum Gasteiger partial charge on any atom is 0.217 e. The van der Waals surface area contributed by atoms with Gasteiger partial charge in [0.1, 0.15) is 37.7 Å². The largest absolute Gasteiger partial charge is 0.491 e.